The van der Waals surface area contributed by atoms with Gasteiger partial charge in [0.05, 0.1) is 5.69 Å². The zero-order chi connectivity index (χ0) is 11.0. The first-order valence-corrected chi connectivity index (χ1v) is 5.39. The van der Waals surface area contributed by atoms with E-state index in [-0.39, 0.29) is 0 Å². The Hall–Kier alpha value is -1.07. The molecule has 2 aromatic heterocycles. The van der Waals surface area contributed by atoms with E-state index in [1.165, 1.54) is 4.68 Å². The van der Waals surface area contributed by atoms with E-state index in [0.29, 0.717) is 22.4 Å². The highest BCUT2D eigenvalue weighted by Gasteiger charge is 2.11. The zero-order valence-electron chi connectivity index (χ0n) is 7.91. The number of hydrogen-bond donors (Lipinski definition) is 1. The first kappa shape index (κ1) is 10.4. The Morgan fingerprint density at radius 2 is 2.20 bits per heavy atom. The molecule has 0 bridgehead atoms. The Kier molecular flexibility index (Phi) is 2.67. The normalized spacial score (nSPS) is 10.6. The molecule has 4 nitrogen and oxygen atoms in total. The molecule has 0 aliphatic heterocycles. The van der Waals surface area contributed by atoms with E-state index in [0.717, 1.165) is 4.47 Å². The van der Waals surface area contributed by atoms with Crippen LogP contribution in [0.15, 0.2) is 22.8 Å². The van der Waals surface area contributed by atoms with Gasteiger partial charge < -0.3 is 5.73 Å². The van der Waals surface area contributed by atoms with Gasteiger partial charge in [0.1, 0.15) is 10.8 Å². The third-order valence-electron chi connectivity index (χ3n) is 1.95. The molecule has 2 heterocycles. The summed E-state index contributed by atoms with van der Waals surface area (Å²) in [5.41, 5.74) is 6.48. The molecule has 0 aliphatic rings. The third kappa shape index (κ3) is 1.85. The fourth-order valence-electron chi connectivity index (χ4n) is 1.19. The Morgan fingerprint density at radius 1 is 1.47 bits per heavy atom. The van der Waals surface area contributed by atoms with Crippen molar-refractivity contribution in [1.29, 1.82) is 0 Å². The van der Waals surface area contributed by atoms with Crippen molar-refractivity contribution in [1.82, 2.24) is 14.8 Å². The highest BCUT2D eigenvalue weighted by molar-refractivity contribution is 9.10. The molecule has 2 rings (SSSR count). The van der Waals surface area contributed by atoms with Crippen LogP contribution in [0.3, 0.4) is 0 Å². The monoisotopic (exact) mass is 286 g/mol. The minimum atomic E-state index is 0.406. The molecule has 15 heavy (non-hydrogen) atoms. The van der Waals surface area contributed by atoms with Gasteiger partial charge in [0.2, 0.25) is 0 Å². The van der Waals surface area contributed by atoms with Crippen molar-refractivity contribution >= 4 is 33.3 Å². The van der Waals surface area contributed by atoms with Gasteiger partial charge in [-0.1, -0.05) is 11.6 Å². The van der Waals surface area contributed by atoms with Gasteiger partial charge in [-0.3, -0.25) is 0 Å². The smallest absolute Gasteiger partial charge is 0.155 e. The fraction of sp³-hybridized carbons (Fsp3) is 0.111. The SMILES string of the molecule is Cc1nn(-c2ccc(Br)cn2)c(N)c1Cl. The molecule has 0 radical (unpaired) electrons. The van der Waals surface area contributed by atoms with Crippen LogP contribution in [0.4, 0.5) is 5.82 Å². The summed E-state index contributed by atoms with van der Waals surface area (Å²) < 4.78 is 2.42. The molecule has 78 valence electrons. The number of aromatic nitrogens is 3. The van der Waals surface area contributed by atoms with Crippen LogP contribution in [0.5, 0.6) is 0 Å². The summed E-state index contributed by atoms with van der Waals surface area (Å²) in [5.74, 6) is 1.05. The molecular weight excluding hydrogens is 279 g/mol. The van der Waals surface area contributed by atoms with Crippen LogP contribution in [0.1, 0.15) is 5.69 Å². The van der Waals surface area contributed by atoms with E-state index >= 15 is 0 Å². The van der Waals surface area contributed by atoms with Gasteiger partial charge >= 0.3 is 0 Å². The van der Waals surface area contributed by atoms with Crippen molar-refractivity contribution in [2.75, 3.05) is 5.73 Å². The predicted molar refractivity (Wildman–Crippen MR) is 63.2 cm³/mol. The number of rotatable bonds is 1. The lowest BCUT2D eigenvalue weighted by atomic mass is 10.4. The van der Waals surface area contributed by atoms with Gasteiger partial charge in [0.25, 0.3) is 0 Å². The Morgan fingerprint density at radius 3 is 2.67 bits per heavy atom. The van der Waals surface area contributed by atoms with E-state index in [1.807, 2.05) is 12.1 Å². The summed E-state index contributed by atoms with van der Waals surface area (Å²) in [5, 5.41) is 4.66. The van der Waals surface area contributed by atoms with Crippen LogP contribution in [0, 0.1) is 6.92 Å². The largest absolute Gasteiger partial charge is 0.382 e. The van der Waals surface area contributed by atoms with Gasteiger partial charge in [-0.05, 0) is 35.0 Å². The lowest BCUT2D eigenvalue weighted by molar-refractivity contribution is 0.841. The van der Waals surface area contributed by atoms with Crippen molar-refractivity contribution in [3.8, 4) is 5.82 Å². The number of nitrogens with two attached hydrogens (primary N) is 1. The maximum atomic E-state index is 5.93. The molecule has 2 aromatic rings. The second kappa shape index (κ2) is 3.83. The number of nitrogen functional groups attached to an aromatic ring is 1. The highest BCUT2D eigenvalue weighted by Crippen LogP contribution is 2.24. The number of aryl methyl sites for hydroxylation is 1. The van der Waals surface area contributed by atoms with Crippen LogP contribution in [-0.4, -0.2) is 14.8 Å². The van der Waals surface area contributed by atoms with Gasteiger partial charge in [0.15, 0.2) is 5.82 Å². The molecule has 0 aromatic carbocycles. The molecular formula is C9H8BrClN4. The van der Waals surface area contributed by atoms with Gasteiger partial charge in [-0.25, -0.2) is 4.98 Å². The maximum Gasteiger partial charge on any atom is 0.155 e. The summed E-state index contributed by atoms with van der Waals surface area (Å²) in [6, 6.07) is 3.68. The molecule has 0 fully saturated rings. The fourth-order valence-corrected chi connectivity index (χ4v) is 1.55. The molecule has 0 atom stereocenters. The Labute approximate surface area is 100 Å². The van der Waals surface area contributed by atoms with Crippen molar-refractivity contribution < 1.29 is 0 Å². The van der Waals surface area contributed by atoms with Crippen molar-refractivity contribution in [2.24, 2.45) is 0 Å². The first-order valence-electron chi connectivity index (χ1n) is 4.22. The standard InChI is InChI=1S/C9H8BrClN4/c1-5-8(11)9(12)15(14-5)7-3-2-6(10)4-13-7/h2-4H,12H2,1H3. The van der Waals surface area contributed by atoms with Crippen LogP contribution >= 0.6 is 27.5 Å². The van der Waals surface area contributed by atoms with Crippen molar-refractivity contribution in [2.45, 2.75) is 6.92 Å². The molecule has 6 heteroatoms. The molecule has 2 N–H and O–H groups in total. The van der Waals surface area contributed by atoms with E-state index in [4.69, 9.17) is 17.3 Å². The van der Waals surface area contributed by atoms with Crippen molar-refractivity contribution in [3.63, 3.8) is 0 Å². The number of halogens is 2. The average molecular weight is 288 g/mol. The van der Waals surface area contributed by atoms with Gasteiger partial charge in [-0.2, -0.15) is 9.78 Å². The topological polar surface area (TPSA) is 56.7 Å². The second-order valence-electron chi connectivity index (χ2n) is 3.03. The van der Waals surface area contributed by atoms with E-state index in [2.05, 4.69) is 26.0 Å². The van der Waals surface area contributed by atoms with Gasteiger partial charge in [0, 0.05) is 10.7 Å². The minimum absolute atomic E-state index is 0.406. The van der Waals surface area contributed by atoms with Gasteiger partial charge in [-0.15, -0.1) is 0 Å². The summed E-state index contributed by atoms with van der Waals surface area (Å²) in [4.78, 5) is 4.18. The molecule has 0 saturated carbocycles. The molecule has 0 spiro atoms. The van der Waals surface area contributed by atoms with Crippen LogP contribution in [0.2, 0.25) is 5.02 Å². The first-order chi connectivity index (χ1) is 7.09. The molecule has 0 aliphatic carbocycles. The highest BCUT2D eigenvalue weighted by atomic mass is 79.9. The second-order valence-corrected chi connectivity index (χ2v) is 4.32. The Bertz CT molecular complexity index is 492. The Balaban J connectivity index is 2.54. The number of pyridine rings is 1. The third-order valence-corrected chi connectivity index (χ3v) is 2.89. The van der Waals surface area contributed by atoms with Crippen molar-refractivity contribution in [3.05, 3.63) is 33.5 Å². The predicted octanol–water partition coefficient (Wildman–Crippen LogP) is 2.57. The van der Waals surface area contributed by atoms with E-state index in [1.54, 1.807) is 13.1 Å². The number of nitrogens with zero attached hydrogens (tertiary/aromatic N) is 3. The maximum absolute atomic E-state index is 5.93. The van der Waals surface area contributed by atoms with Crippen LogP contribution in [0.25, 0.3) is 5.82 Å². The summed E-state index contributed by atoms with van der Waals surface area (Å²) in [7, 11) is 0. The number of anilines is 1. The number of hydrogen-bond acceptors (Lipinski definition) is 3. The quantitative estimate of drug-likeness (QED) is 0.877. The van der Waals surface area contributed by atoms with E-state index < -0.39 is 0 Å². The molecule has 0 amide bonds. The summed E-state index contributed by atoms with van der Waals surface area (Å²) in [6.07, 6.45) is 1.68. The lowest BCUT2D eigenvalue weighted by Crippen LogP contribution is -2.03. The molecule has 0 unspecified atom stereocenters. The summed E-state index contributed by atoms with van der Waals surface area (Å²) >= 11 is 9.24. The van der Waals surface area contributed by atoms with Crippen LogP contribution in [-0.2, 0) is 0 Å². The summed E-state index contributed by atoms with van der Waals surface area (Å²) in [6.45, 7) is 1.80. The average Bonchev–Trinajstić information content (AvgIpc) is 2.47. The van der Waals surface area contributed by atoms with Crippen LogP contribution < -0.4 is 5.73 Å². The molecule has 0 saturated heterocycles. The van der Waals surface area contributed by atoms with E-state index in [9.17, 15) is 0 Å². The zero-order valence-corrected chi connectivity index (χ0v) is 10.2. The minimum Gasteiger partial charge on any atom is -0.382 e. The lowest BCUT2D eigenvalue weighted by Gasteiger charge is -2.02.